The molecule has 0 saturated carbocycles. The van der Waals surface area contributed by atoms with Crippen LogP contribution in [0.25, 0.3) is 0 Å². The van der Waals surface area contributed by atoms with E-state index in [1.807, 2.05) is 6.92 Å². The molecule has 2 aromatic rings. The molecule has 1 nitrogen and oxygen atoms in total. The van der Waals surface area contributed by atoms with Crippen molar-refractivity contribution >= 4 is 33.2 Å². The largest absolute Gasteiger partial charge is 0.376 e. The molecule has 100 valence electrons. The molecule has 5 heteroatoms. The van der Waals surface area contributed by atoms with Crippen molar-refractivity contribution < 1.29 is 8.78 Å². The van der Waals surface area contributed by atoms with Gasteiger partial charge in [0, 0.05) is 9.50 Å². The van der Waals surface area contributed by atoms with Crippen LogP contribution in [-0.2, 0) is 0 Å². The van der Waals surface area contributed by atoms with Crippen LogP contribution in [0, 0.1) is 11.6 Å². The molecule has 0 radical (unpaired) electrons. The Hall–Kier alpha value is -1.13. The predicted octanol–water partition coefficient (Wildman–Crippen LogP) is 5.55. The summed E-state index contributed by atoms with van der Waals surface area (Å²) < 4.78 is 27.4. The highest BCUT2D eigenvalue weighted by Crippen LogP contribution is 2.28. The summed E-state index contributed by atoms with van der Waals surface area (Å²) in [7, 11) is 0. The van der Waals surface area contributed by atoms with Gasteiger partial charge in [-0.25, -0.2) is 8.78 Å². The first-order valence-electron chi connectivity index (χ1n) is 5.64. The minimum Gasteiger partial charge on any atom is -0.376 e. The summed E-state index contributed by atoms with van der Waals surface area (Å²) in [5.74, 6) is -0.754. The molecule has 0 fully saturated rings. The highest BCUT2D eigenvalue weighted by atomic mass is 79.9. The molecular formula is C14H11BrClF2N. The van der Waals surface area contributed by atoms with Crippen molar-refractivity contribution in [2.75, 3.05) is 5.32 Å². The maximum Gasteiger partial charge on any atom is 0.147 e. The second-order valence-electron chi connectivity index (χ2n) is 4.16. The van der Waals surface area contributed by atoms with E-state index < -0.39 is 5.82 Å². The topological polar surface area (TPSA) is 12.0 Å². The number of hydrogen-bond acceptors (Lipinski definition) is 1. The van der Waals surface area contributed by atoms with Crippen LogP contribution in [0.1, 0.15) is 18.5 Å². The van der Waals surface area contributed by atoms with E-state index in [4.69, 9.17) is 11.6 Å². The van der Waals surface area contributed by atoms with Crippen molar-refractivity contribution in [3.63, 3.8) is 0 Å². The summed E-state index contributed by atoms with van der Waals surface area (Å²) >= 11 is 9.17. The standard InChI is InChI=1S/C14H11BrClF2N/c1-8(11-4-3-10(17)7-12(11)16)19-14-5-2-9(15)6-13(14)18/h2-8,19H,1H3. The Morgan fingerprint density at radius 2 is 1.89 bits per heavy atom. The maximum absolute atomic E-state index is 13.7. The van der Waals surface area contributed by atoms with E-state index in [1.54, 1.807) is 18.2 Å². The lowest BCUT2D eigenvalue weighted by Gasteiger charge is -2.17. The molecule has 2 aromatic carbocycles. The quantitative estimate of drug-likeness (QED) is 0.768. The van der Waals surface area contributed by atoms with Gasteiger partial charge in [-0.1, -0.05) is 33.6 Å². The average molecular weight is 347 g/mol. The second-order valence-corrected chi connectivity index (χ2v) is 5.48. The monoisotopic (exact) mass is 345 g/mol. The van der Waals surface area contributed by atoms with Crippen LogP contribution in [0.15, 0.2) is 40.9 Å². The zero-order valence-corrected chi connectivity index (χ0v) is 12.4. The first-order valence-corrected chi connectivity index (χ1v) is 6.81. The first kappa shape index (κ1) is 14.3. The third-order valence-electron chi connectivity index (χ3n) is 2.73. The van der Waals surface area contributed by atoms with E-state index in [2.05, 4.69) is 21.2 Å². The Bertz CT molecular complexity index is 604. The predicted molar refractivity (Wildman–Crippen MR) is 77.5 cm³/mol. The van der Waals surface area contributed by atoms with E-state index in [0.29, 0.717) is 20.7 Å². The number of halogens is 4. The molecule has 0 aliphatic rings. The van der Waals surface area contributed by atoms with Gasteiger partial charge in [-0.15, -0.1) is 0 Å². The third kappa shape index (κ3) is 3.45. The highest BCUT2D eigenvalue weighted by molar-refractivity contribution is 9.10. The van der Waals surface area contributed by atoms with Crippen molar-refractivity contribution in [1.29, 1.82) is 0 Å². The molecule has 1 atom stereocenters. The molecule has 0 spiro atoms. The van der Waals surface area contributed by atoms with Gasteiger partial charge in [0.25, 0.3) is 0 Å². The molecule has 19 heavy (non-hydrogen) atoms. The molecule has 1 unspecified atom stereocenters. The van der Waals surface area contributed by atoms with Crippen molar-refractivity contribution in [3.05, 3.63) is 63.1 Å². The van der Waals surface area contributed by atoms with Crippen molar-refractivity contribution in [1.82, 2.24) is 0 Å². The smallest absolute Gasteiger partial charge is 0.147 e. The van der Waals surface area contributed by atoms with Gasteiger partial charge in [0.15, 0.2) is 0 Å². The summed E-state index contributed by atoms with van der Waals surface area (Å²) in [5, 5.41) is 3.33. The molecule has 0 heterocycles. The fraction of sp³-hybridized carbons (Fsp3) is 0.143. The summed E-state index contributed by atoms with van der Waals surface area (Å²) in [6.07, 6.45) is 0. The lowest BCUT2D eigenvalue weighted by Crippen LogP contribution is -2.08. The van der Waals surface area contributed by atoms with Crippen LogP contribution >= 0.6 is 27.5 Å². The molecule has 0 aliphatic heterocycles. The Morgan fingerprint density at radius 3 is 2.53 bits per heavy atom. The van der Waals surface area contributed by atoms with Gasteiger partial charge in [-0.3, -0.25) is 0 Å². The molecule has 0 aliphatic carbocycles. The van der Waals surface area contributed by atoms with Crippen LogP contribution in [-0.4, -0.2) is 0 Å². The van der Waals surface area contributed by atoms with Crippen LogP contribution < -0.4 is 5.32 Å². The molecule has 0 aromatic heterocycles. The number of benzene rings is 2. The Morgan fingerprint density at radius 1 is 1.16 bits per heavy atom. The summed E-state index contributed by atoms with van der Waals surface area (Å²) in [6.45, 7) is 1.83. The van der Waals surface area contributed by atoms with Gasteiger partial charge in [-0.2, -0.15) is 0 Å². The fourth-order valence-corrected chi connectivity index (χ4v) is 2.43. The van der Waals surface area contributed by atoms with E-state index >= 15 is 0 Å². The third-order valence-corrected chi connectivity index (χ3v) is 3.55. The molecular weight excluding hydrogens is 336 g/mol. The summed E-state index contributed by atoms with van der Waals surface area (Å²) in [4.78, 5) is 0. The second kappa shape index (κ2) is 5.88. The van der Waals surface area contributed by atoms with E-state index in [9.17, 15) is 8.78 Å². The van der Waals surface area contributed by atoms with E-state index in [0.717, 1.165) is 0 Å². The van der Waals surface area contributed by atoms with Crippen LogP contribution in [0.3, 0.4) is 0 Å². The molecule has 2 rings (SSSR count). The Balaban J connectivity index is 2.23. The number of hydrogen-bond donors (Lipinski definition) is 1. The van der Waals surface area contributed by atoms with E-state index in [-0.39, 0.29) is 11.9 Å². The lowest BCUT2D eigenvalue weighted by molar-refractivity contribution is 0.623. The minimum atomic E-state index is -0.393. The van der Waals surface area contributed by atoms with Crippen molar-refractivity contribution in [2.45, 2.75) is 13.0 Å². The highest BCUT2D eigenvalue weighted by Gasteiger charge is 2.12. The molecule has 0 amide bonds. The minimum absolute atomic E-state index is 0.233. The average Bonchev–Trinajstić information content (AvgIpc) is 2.32. The maximum atomic E-state index is 13.7. The fourth-order valence-electron chi connectivity index (χ4n) is 1.77. The number of nitrogens with one attached hydrogen (secondary N) is 1. The van der Waals surface area contributed by atoms with Gasteiger partial charge < -0.3 is 5.32 Å². The van der Waals surface area contributed by atoms with Crippen molar-refractivity contribution in [2.24, 2.45) is 0 Å². The summed E-state index contributed by atoms with van der Waals surface area (Å²) in [5.41, 5.74) is 1.08. The van der Waals surface area contributed by atoms with Gasteiger partial charge in [-0.05, 0) is 42.8 Å². The van der Waals surface area contributed by atoms with Crippen LogP contribution in [0.5, 0.6) is 0 Å². The van der Waals surface area contributed by atoms with Gasteiger partial charge in [0.2, 0.25) is 0 Å². The van der Waals surface area contributed by atoms with Gasteiger partial charge in [0.1, 0.15) is 11.6 Å². The zero-order chi connectivity index (χ0) is 14.0. The Kier molecular flexibility index (Phi) is 4.42. The SMILES string of the molecule is CC(Nc1ccc(Br)cc1F)c1ccc(F)cc1Cl. The lowest BCUT2D eigenvalue weighted by atomic mass is 10.1. The first-order chi connectivity index (χ1) is 8.97. The number of anilines is 1. The normalized spacial score (nSPS) is 12.3. The molecule has 0 saturated heterocycles. The van der Waals surface area contributed by atoms with Crippen LogP contribution in [0.4, 0.5) is 14.5 Å². The number of rotatable bonds is 3. The van der Waals surface area contributed by atoms with Gasteiger partial charge >= 0.3 is 0 Å². The van der Waals surface area contributed by atoms with Crippen LogP contribution in [0.2, 0.25) is 5.02 Å². The molecule has 1 N–H and O–H groups in total. The van der Waals surface area contributed by atoms with E-state index in [1.165, 1.54) is 18.2 Å². The molecule has 0 bridgehead atoms. The van der Waals surface area contributed by atoms with Gasteiger partial charge in [0.05, 0.1) is 11.7 Å². The van der Waals surface area contributed by atoms with Crippen molar-refractivity contribution in [3.8, 4) is 0 Å². The summed E-state index contributed by atoms with van der Waals surface area (Å²) in [6, 6.07) is 8.68. The zero-order valence-electron chi connectivity index (χ0n) is 10.1. The Labute approximate surface area is 123 Å².